The van der Waals surface area contributed by atoms with Gasteiger partial charge in [0.25, 0.3) is 11.5 Å². The van der Waals surface area contributed by atoms with Crippen molar-refractivity contribution < 1.29 is 23.1 Å². The van der Waals surface area contributed by atoms with E-state index in [1.165, 1.54) is 18.6 Å². The first-order valence-electron chi connectivity index (χ1n) is 10.9. The Morgan fingerprint density at radius 3 is 2.28 bits per heavy atom. The molecule has 2 aromatic carbocycles. The van der Waals surface area contributed by atoms with E-state index in [2.05, 4.69) is 15.6 Å². The van der Waals surface area contributed by atoms with Gasteiger partial charge in [-0.3, -0.25) is 19.0 Å². The minimum Gasteiger partial charge on any atom is -0.380 e. The Bertz CT molecular complexity index is 1280. The molecule has 0 aliphatic rings. The van der Waals surface area contributed by atoms with Crippen LogP contribution in [0, 0.1) is 11.6 Å². The van der Waals surface area contributed by atoms with Crippen molar-refractivity contribution in [2.75, 3.05) is 31.2 Å². The van der Waals surface area contributed by atoms with Gasteiger partial charge >= 0.3 is 0 Å². The van der Waals surface area contributed by atoms with Crippen LogP contribution in [-0.2, 0) is 27.5 Å². The fourth-order valence-corrected chi connectivity index (χ4v) is 4.85. The first-order chi connectivity index (χ1) is 17.0. The third-order valence-electron chi connectivity index (χ3n) is 5.18. The maximum Gasteiger partial charge on any atom is 0.253 e. The van der Waals surface area contributed by atoms with Gasteiger partial charge in [-0.1, -0.05) is 24.3 Å². The zero-order valence-corrected chi connectivity index (χ0v) is 21.2. The SMILES string of the molecule is COCc1ccc(C(NC(=O)Cn2cnccc2=O)C(=O)Nc2cc(F)c(S(C)(C)C)c(F)c2)cc1. The predicted molar refractivity (Wildman–Crippen MR) is 135 cm³/mol. The molecule has 1 atom stereocenters. The van der Waals surface area contributed by atoms with E-state index in [-0.39, 0.29) is 17.1 Å². The van der Waals surface area contributed by atoms with Crippen molar-refractivity contribution in [3.8, 4) is 0 Å². The molecule has 0 fully saturated rings. The van der Waals surface area contributed by atoms with Crippen LogP contribution in [0.2, 0.25) is 0 Å². The lowest BCUT2D eigenvalue weighted by Gasteiger charge is -2.27. The number of nitrogens with zero attached hydrogens (tertiary/aromatic N) is 2. The lowest BCUT2D eigenvalue weighted by Crippen LogP contribution is -2.40. The number of methoxy groups -OCH3 is 1. The Morgan fingerprint density at radius 2 is 1.72 bits per heavy atom. The highest BCUT2D eigenvalue weighted by Gasteiger charge is 2.25. The molecule has 192 valence electrons. The molecule has 0 aliphatic carbocycles. The molecule has 0 saturated heterocycles. The first kappa shape index (κ1) is 27.0. The maximum absolute atomic E-state index is 14.7. The van der Waals surface area contributed by atoms with E-state index in [1.807, 2.05) is 0 Å². The number of carbonyl (C=O) groups excluding carboxylic acids is 2. The molecule has 2 amide bonds. The smallest absolute Gasteiger partial charge is 0.253 e. The number of nitrogens with one attached hydrogen (secondary N) is 2. The molecule has 0 radical (unpaired) electrons. The highest BCUT2D eigenvalue weighted by Crippen LogP contribution is 2.48. The molecule has 0 saturated carbocycles. The zero-order valence-electron chi connectivity index (χ0n) is 20.4. The minimum absolute atomic E-state index is 0.0130. The molecule has 1 aromatic heterocycles. The second kappa shape index (κ2) is 11.4. The number of anilines is 1. The van der Waals surface area contributed by atoms with Crippen LogP contribution in [0.4, 0.5) is 14.5 Å². The standard InChI is InChI=1S/C25H28F2N4O4S/c1-35-14-16-5-7-17(8-6-16)23(30-21(32)13-31-15-28-10-9-22(31)33)25(34)29-18-11-19(26)24(20(27)12-18)36(2,3)4/h5-12,15,23H,13-14H2,1-4H3,(H,29,34)(H,30,32). The fourth-order valence-electron chi connectivity index (χ4n) is 3.56. The quantitative estimate of drug-likeness (QED) is 0.453. The summed E-state index contributed by atoms with van der Waals surface area (Å²) in [6.45, 7) is -0.0153. The lowest BCUT2D eigenvalue weighted by atomic mass is 10.0. The monoisotopic (exact) mass is 518 g/mol. The van der Waals surface area contributed by atoms with Gasteiger partial charge in [0.05, 0.1) is 17.8 Å². The molecule has 0 aliphatic heterocycles. The van der Waals surface area contributed by atoms with E-state index >= 15 is 0 Å². The number of carbonyl (C=O) groups is 2. The Kier molecular flexibility index (Phi) is 8.59. The van der Waals surface area contributed by atoms with Crippen LogP contribution in [0.25, 0.3) is 0 Å². The number of hydrogen-bond donors (Lipinski definition) is 2. The van der Waals surface area contributed by atoms with Crippen LogP contribution in [0.3, 0.4) is 0 Å². The third-order valence-corrected chi connectivity index (χ3v) is 6.79. The topological polar surface area (TPSA) is 102 Å². The Labute approximate surface area is 209 Å². The third kappa shape index (κ3) is 6.76. The molecule has 3 rings (SSSR count). The van der Waals surface area contributed by atoms with Crippen molar-refractivity contribution in [1.29, 1.82) is 0 Å². The molecule has 0 spiro atoms. The highest BCUT2D eigenvalue weighted by molar-refractivity contribution is 8.32. The number of halogens is 2. The summed E-state index contributed by atoms with van der Waals surface area (Å²) in [5.41, 5.74) is 0.757. The summed E-state index contributed by atoms with van der Waals surface area (Å²) in [5.74, 6) is -2.85. The molecular weight excluding hydrogens is 490 g/mol. The van der Waals surface area contributed by atoms with Crippen LogP contribution in [0.1, 0.15) is 17.2 Å². The second-order valence-electron chi connectivity index (χ2n) is 8.82. The molecule has 1 unspecified atom stereocenters. The Balaban J connectivity index is 1.88. The van der Waals surface area contributed by atoms with Gasteiger partial charge < -0.3 is 15.4 Å². The molecule has 36 heavy (non-hydrogen) atoms. The lowest BCUT2D eigenvalue weighted by molar-refractivity contribution is -0.127. The number of amides is 2. The average Bonchev–Trinajstić information content (AvgIpc) is 2.78. The summed E-state index contributed by atoms with van der Waals surface area (Å²) in [6.07, 6.45) is 7.80. The normalized spacial score (nSPS) is 12.6. The number of rotatable bonds is 9. The van der Waals surface area contributed by atoms with Gasteiger partial charge in [-0.15, -0.1) is 0 Å². The molecule has 11 heteroatoms. The summed E-state index contributed by atoms with van der Waals surface area (Å²) >= 11 is 0. The van der Waals surface area contributed by atoms with Crippen molar-refractivity contribution in [3.05, 3.63) is 88.1 Å². The Morgan fingerprint density at radius 1 is 1.08 bits per heavy atom. The van der Waals surface area contributed by atoms with Crippen molar-refractivity contribution in [2.45, 2.75) is 24.1 Å². The van der Waals surface area contributed by atoms with Gasteiger partial charge in [0, 0.05) is 25.1 Å². The van der Waals surface area contributed by atoms with E-state index in [0.29, 0.717) is 12.2 Å². The zero-order chi connectivity index (χ0) is 26.5. The van der Waals surface area contributed by atoms with Crippen molar-refractivity contribution in [3.63, 3.8) is 0 Å². The molecule has 3 aromatic rings. The molecule has 8 nitrogen and oxygen atoms in total. The molecule has 2 N–H and O–H groups in total. The largest absolute Gasteiger partial charge is 0.380 e. The maximum atomic E-state index is 14.7. The van der Waals surface area contributed by atoms with E-state index in [0.717, 1.165) is 22.3 Å². The van der Waals surface area contributed by atoms with Crippen LogP contribution >= 0.6 is 10.0 Å². The van der Waals surface area contributed by atoms with E-state index in [9.17, 15) is 23.2 Å². The van der Waals surface area contributed by atoms with Crippen LogP contribution in [0.5, 0.6) is 0 Å². The molecule has 1 heterocycles. The second-order valence-corrected chi connectivity index (χ2v) is 12.9. The number of hydrogen-bond acceptors (Lipinski definition) is 5. The minimum atomic E-state index is -1.69. The van der Waals surface area contributed by atoms with Gasteiger partial charge in [0.2, 0.25) is 5.91 Å². The van der Waals surface area contributed by atoms with E-state index < -0.39 is 45.1 Å². The van der Waals surface area contributed by atoms with Crippen LogP contribution < -0.4 is 16.2 Å². The van der Waals surface area contributed by atoms with Crippen LogP contribution in [0.15, 0.2) is 64.7 Å². The van der Waals surface area contributed by atoms with Gasteiger partial charge in [0.1, 0.15) is 24.2 Å². The first-order valence-corrected chi connectivity index (χ1v) is 13.7. The number of benzene rings is 2. The van der Waals surface area contributed by atoms with Gasteiger partial charge in [0.15, 0.2) is 0 Å². The summed E-state index contributed by atoms with van der Waals surface area (Å²) in [4.78, 5) is 41.7. The van der Waals surface area contributed by atoms with Gasteiger partial charge in [-0.05, 0) is 42.0 Å². The summed E-state index contributed by atoms with van der Waals surface area (Å²) in [6, 6.07) is 8.87. The summed E-state index contributed by atoms with van der Waals surface area (Å²) in [7, 11) is -0.139. The highest BCUT2D eigenvalue weighted by atomic mass is 32.3. The van der Waals surface area contributed by atoms with E-state index in [4.69, 9.17) is 4.74 Å². The number of aromatic nitrogens is 2. The van der Waals surface area contributed by atoms with Gasteiger partial charge in [-0.25, -0.2) is 23.8 Å². The summed E-state index contributed by atoms with van der Waals surface area (Å²) in [5, 5.41) is 5.08. The van der Waals surface area contributed by atoms with Crippen molar-refractivity contribution >= 4 is 27.5 Å². The van der Waals surface area contributed by atoms with E-state index in [1.54, 1.807) is 50.1 Å². The van der Waals surface area contributed by atoms with Crippen molar-refractivity contribution in [1.82, 2.24) is 14.9 Å². The summed E-state index contributed by atoms with van der Waals surface area (Å²) < 4.78 is 35.6. The molecule has 0 bridgehead atoms. The van der Waals surface area contributed by atoms with Gasteiger partial charge in [-0.2, -0.15) is 0 Å². The van der Waals surface area contributed by atoms with Crippen molar-refractivity contribution in [2.24, 2.45) is 0 Å². The number of ether oxygens (including phenoxy) is 1. The van der Waals surface area contributed by atoms with Crippen LogP contribution in [-0.4, -0.2) is 47.2 Å². The average molecular weight is 519 g/mol. The fraction of sp³-hybridized carbons (Fsp3) is 0.280. The Hall–Kier alpha value is -3.57. The predicted octanol–water partition coefficient (Wildman–Crippen LogP) is 3.22. The molecular formula is C25H28F2N4O4S.